The van der Waals surface area contributed by atoms with Gasteiger partial charge < -0.3 is 4.90 Å². The Labute approximate surface area is 114 Å². The van der Waals surface area contributed by atoms with Crippen LogP contribution in [0.4, 0.5) is 5.69 Å². The highest BCUT2D eigenvalue weighted by molar-refractivity contribution is 5.89. The lowest BCUT2D eigenvalue weighted by Crippen LogP contribution is -2.46. The number of hydrogen-bond donors (Lipinski definition) is 0. The quantitative estimate of drug-likeness (QED) is 0.842. The maximum absolute atomic E-state index is 4.52. The molecule has 0 bridgehead atoms. The van der Waals surface area contributed by atoms with Gasteiger partial charge in [-0.05, 0) is 25.1 Å². The molecule has 1 aliphatic heterocycles. The molecule has 0 saturated carbocycles. The van der Waals surface area contributed by atoms with Gasteiger partial charge in [0.25, 0.3) is 0 Å². The minimum Gasteiger partial charge on any atom is -0.366 e. The van der Waals surface area contributed by atoms with Crippen LogP contribution in [0.5, 0.6) is 0 Å². The van der Waals surface area contributed by atoms with Gasteiger partial charge in [0.2, 0.25) is 0 Å². The molecule has 3 rings (SSSR count). The first kappa shape index (κ1) is 12.4. The lowest BCUT2D eigenvalue weighted by atomic mass is 10.2. The van der Waals surface area contributed by atoms with E-state index in [9.17, 15) is 0 Å². The summed E-state index contributed by atoms with van der Waals surface area (Å²) in [5, 5.41) is 1.12. The first-order valence-electron chi connectivity index (χ1n) is 7.04. The Hall–Kier alpha value is -1.68. The number of piperazine rings is 1. The van der Waals surface area contributed by atoms with Crippen LogP contribution >= 0.6 is 0 Å². The zero-order valence-electron chi connectivity index (χ0n) is 11.4. The second kappa shape index (κ2) is 5.53. The Morgan fingerprint density at radius 3 is 2.79 bits per heavy atom. The molecule has 0 radical (unpaired) electrons. The summed E-state index contributed by atoms with van der Waals surface area (Å²) in [4.78, 5) is 13.8. The maximum atomic E-state index is 4.52. The molecule has 4 nitrogen and oxygen atoms in total. The van der Waals surface area contributed by atoms with Crippen LogP contribution in [0.1, 0.15) is 13.3 Å². The van der Waals surface area contributed by atoms with E-state index in [4.69, 9.17) is 0 Å². The topological polar surface area (TPSA) is 32.3 Å². The third-order valence-electron chi connectivity index (χ3n) is 3.74. The number of rotatable bonds is 3. The Morgan fingerprint density at radius 1 is 1.16 bits per heavy atom. The van der Waals surface area contributed by atoms with Gasteiger partial charge in [-0.25, -0.2) is 0 Å². The maximum Gasteiger partial charge on any atom is 0.0966 e. The molecule has 0 spiro atoms. The average Bonchev–Trinajstić information content (AvgIpc) is 2.48. The van der Waals surface area contributed by atoms with Gasteiger partial charge in [-0.2, -0.15) is 0 Å². The van der Waals surface area contributed by atoms with Crippen molar-refractivity contribution in [3.8, 4) is 0 Å². The summed E-state index contributed by atoms with van der Waals surface area (Å²) in [5.74, 6) is 0. The molecule has 2 aromatic heterocycles. The number of nitrogens with zero attached hydrogens (tertiary/aromatic N) is 4. The van der Waals surface area contributed by atoms with Crippen LogP contribution in [-0.2, 0) is 0 Å². The largest absolute Gasteiger partial charge is 0.366 e. The van der Waals surface area contributed by atoms with Crippen molar-refractivity contribution in [1.29, 1.82) is 0 Å². The van der Waals surface area contributed by atoms with Gasteiger partial charge in [-0.15, -0.1) is 0 Å². The minimum absolute atomic E-state index is 1.07. The van der Waals surface area contributed by atoms with Crippen molar-refractivity contribution in [3.05, 3.63) is 30.7 Å². The molecule has 0 aliphatic carbocycles. The lowest BCUT2D eigenvalue weighted by Gasteiger charge is -2.36. The predicted molar refractivity (Wildman–Crippen MR) is 78.5 cm³/mol. The smallest absolute Gasteiger partial charge is 0.0966 e. The van der Waals surface area contributed by atoms with Crippen LogP contribution in [0, 0.1) is 0 Å². The fraction of sp³-hybridized carbons (Fsp3) is 0.467. The molecule has 0 amide bonds. The molecule has 0 atom stereocenters. The monoisotopic (exact) mass is 256 g/mol. The molecule has 1 fully saturated rings. The zero-order valence-corrected chi connectivity index (χ0v) is 11.4. The van der Waals surface area contributed by atoms with E-state index in [0.717, 1.165) is 37.1 Å². The summed E-state index contributed by atoms with van der Waals surface area (Å²) in [6.45, 7) is 7.85. The van der Waals surface area contributed by atoms with Crippen molar-refractivity contribution >= 4 is 16.6 Å². The van der Waals surface area contributed by atoms with Crippen molar-refractivity contribution in [2.45, 2.75) is 13.3 Å². The van der Waals surface area contributed by atoms with E-state index < -0.39 is 0 Å². The minimum atomic E-state index is 1.07. The normalized spacial score (nSPS) is 17.0. The van der Waals surface area contributed by atoms with Gasteiger partial charge >= 0.3 is 0 Å². The third kappa shape index (κ3) is 2.54. The van der Waals surface area contributed by atoms with E-state index in [1.807, 2.05) is 24.7 Å². The van der Waals surface area contributed by atoms with Crippen LogP contribution in [0.2, 0.25) is 0 Å². The number of hydrogen-bond acceptors (Lipinski definition) is 4. The second-order valence-electron chi connectivity index (χ2n) is 5.06. The standard InChI is InChI=1S/C15H20N4/c1-2-6-18-7-9-19(10-8-18)14-12-16-11-13-4-3-5-17-15(13)14/h3-5,11-12H,2,6-10H2,1H3. The second-order valence-corrected chi connectivity index (χ2v) is 5.06. The van der Waals surface area contributed by atoms with Gasteiger partial charge in [0.1, 0.15) is 0 Å². The SMILES string of the molecule is CCCN1CCN(c2cncc3cccnc23)CC1. The molecule has 2 aromatic rings. The average molecular weight is 256 g/mol. The Morgan fingerprint density at radius 2 is 2.00 bits per heavy atom. The third-order valence-corrected chi connectivity index (χ3v) is 3.74. The molecule has 1 saturated heterocycles. The van der Waals surface area contributed by atoms with E-state index in [1.54, 1.807) is 0 Å². The van der Waals surface area contributed by atoms with Crippen LogP contribution in [0.3, 0.4) is 0 Å². The first-order chi connectivity index (χ1) is 9.38. The van der Waals surface area contributed by atoms with Gasteiger partial charge in [0.05, 0.1) is 17.4 Å². The van der Waals surface area contributed by atoms with Gasteiger partial charge in [0, 0.05) is 44.0 Å². The van der Waals surface area contributed by atoms with Gasteiger partial charge in [-0.1, -0.05) is 6.92 Å². The molecule has 3 heterocycles. The fourth-order valence-corrected chi connectivity index (χ4v) is 2.75. The van der Waals surface area contributed by atoms with E-state index >= 15 is 0 Å². The molecule has 0 unspecified atom stereocenters. The molecule has 1 aliphatic rings. The van der Waals surface area contributed by atoms with E-state index in [-0.39, 0.29) is 0 Å². The van der Waals surface area contributed by atoms with Crippen molar-refractivity contribution in [3.63, 3.8) is 0 Å². The highest BCUT2D eigenvalue weighted by Crippen LogP contribution is 2.24. The number of aromatic nitrogens is 2. The molecule has 4 heteroatoms. The molecular formula is C15H20N4. The van der Waals surface area contributed by atoms with Gasteiger partial charge in [0.15, 0.2) is 0 Å². The first-order valence-corrected chi connectivity index (χ1v) is 7.04. The lowest BCUT2D eigenvalue weighted by molar-refractivity contribution is 0.258. The summed E-state index contributed by atoms with van der Waals surface area (Å²) < 4.78 is 0. The summed E-state index contributed by atoms with van der Waals surface area (Å²) in [5.41, 5.74) is 2.25. The fourth-order valence-electron chi connectivity index (χ4n) is 2.75. The van der Waals surface area contributed by atoms with Crippen molar-refractivity contribution in [1.82, 2.24) is 14.9 Å². The summed E-state index contributed by atoms with van der Waals surface area (Å²) in [6, 6.07) is 4.04. The van der Waals surface area contributed by atoms with Crippen LogP contribution in [0.15, 0.2) is 30.7 Å². The summed E-state index contributed by atoms with van der Waals surface area (Å²) >= 11 is 0. The van der Waals surface area contributed by atoms with Crippen molar-refractivity contribution < 1.29 is 0 Å². The molecular weight excluding hydrogens is 236 g/mol. The summed E-state index contributed by atoms with van der Waals surface area (Å²) in [6.07, 6.45) is 6.93. The Bertz CT molecular complexity index is 541. The molecule has 100 valence electrons. The number of anilines is 1. The highest BCUT2D eigenvalue weighted by atomic mass is 15.3. The molecule has 19 heavy (non-hydrogen) atoms. The Balaban J connectivity index is 1.82. The van der Waals surface area contributed by atoms with Crippen molar-refractivity contribution in [2.24, 2.45) is 0 Å². The van der Waals surface area contributed by atoms with E-state index in [1.165, 1.54) is 18.7 Å². The van der Waals surface area contributed by atoms with Crippen LogP contribution in [0.25, 0.3) is 10.9 Å². The van der Waals surface area contributed by atoms with E-state index in [0.29, 0.717) is 0 Å². The number of pyridine rings is 2. The summed E-state index contributed by atoms with van der Waals surface area (Å²) in [7, 11) is 0. The van der Waals surface area contributed by atoms with E-state index in [2.05, 4.69) is 32.8 Å². The predicted octanol–water partition coefficient (Wildman–Crippen LogP) is 2.16. The van der Waals surface area contributed by atoms with Crippen LogP contribution < -0.4 is 4.90 Å². The van der Waals surface area contributed by atoms with Gasteiger partial charge in [-0.3, -0.25) is 14.9 Å². The zero-order chi connectivity index (χ0) is 13.1. The highest BCUT2D eigenvalue weighted by Gasteiger charge is 2.18. The number of fused-ring (bicyclic) bond motifs is 1. The molecule has 0 aromatic carbocycles. The van der Waals surface area contributed by atoms with Crippen LogP contribution in [-0.4, -0.2) is 47.6 Å². The Kier molecular flexibility index (Phi) is 3.60. The molecule has 0 N–H and O–H groups in total. The van der Waals surface area contributed by atoms with Crippen molar-refractivity contribution in [2.75, 3.05) is 37.6 Å².